The van der Waals surface area contributed by atoms with E-state index < -0.39 is 0 Å². The van der Waals surface area contributed by atoms with Crippen LogP contribution in [0, 0.1) is 0 Å². The maximum atomic E-state index is 4.41. The van der Waals surface area contributed by atoms with Crippen LogP contribution in [0.2, 0.25) is 0 Å². The van der Waals surface area contributed by atoms with Crippen molar-refractivity contribution in [2.75, 3.05) is 13.6 Å². The fourth-order valence-corrected chi connectivity index (χ4v) is 3.74. The van der Waals surface area contributed by atoms with Crippen LogP contribution in [0.4, 0.5) is 0 Å². The number of hydrogen-bond donors (Lipinski definition) is 2. The van der Waals surface area contributed by atoms with Crippen LogP contribution < -0.4 is 10.6 Å². The van der Waals surface area contributed by atoms with E-state index in [2.05, 4.69) is 86.3 Å². The van der Waals surface area contributed by atoms with Crippen LogP contribution in [0.3, 0.4) is 0 Å². The highest BCUT2D eigenvalue weighted by Gasteiger charge is 2.13. The molecule has 2 heterocycles. The molecule has 0 saturated carbocycles. The van der Waals surface area contributed by atoms with Gasteiger partial charge in [-0.1, -0.05) is 60.7 Å². The summed E-state index contributed by atoms with van der Waals surface area (Å²) in [4.78, 5) is 12.9. The number of aromatic nitrogens is 3. The monoisotopic (exact) mass is 552 g/mol. The molecular weight excluding hydrogens is 523 g/mol. The van der Waals surface area contributed by atoms with Crippen molar-refractivity contribution in [3.05, 3.63) is 114 Å². The molecule has 0 radical (unpaired) electrons. The molecule has 6 nitrogen and oxygen atoms in total. The average Bonchev–Trinajstić information content (AvgIpc) is 3.40. The summed E-state index contributed by atoms with van der Waals surface area (Å²) in [5.74, 6) is 1.96. The van der Waals surface area contributed by atoms with Crippen molar-refractivity contribution in [3.63, 3.8) is 0 Å². The maximum Gasteiger partial charge on any atom is 0.191 e. The van der Waals surface area contributed by atoms with Crippen molar-refractivity contribution in [2.24, 2.45) is 4.99 Å². The van der Waals surface area contributed by atoms with Crippen molar-refractivity contribution in [1.29, 1.82) is 0 Å². The molecule has 33 heavy (non-hydrogen) atoms. The minimum Gasteiger partial charge on any atom is -0.356 e. The Bertz CT molecular complexity index is 1070. The minimum absolute atomic E-state index is 0. The quantitative estimate of drug-likeness (QED) is 0.188. The molecule has 2 aromatic carbocycles. The fourth-order valence-electron chi connectivity index (χ4n) is 3.74. The Hall–Kier alpha value is -3.20. The number of imidazole rings is 1. The van der Waals surface area contributed by atoms with E-state index in [-0.39, 0.29) is 24.0 Å². The van der Waals surface area contributed by atoms with E-state index >= 15 is 0 Å². The fraction of sp³-hybridized carbons (Fsp3) is 0.192. The normalized spacial score (nSPS) is 11.2. The van der Waals surface area contributed by atoms with Crippen molar-refractivity contribution >= 4 is 29.9 Å². The highest BCUT2D eigenvalue weighted by atomic mass is 127. The average molecular weight is 552 g/mol. The summed E-state index contributed by atoms with van der Waals surface area (Å²) in [5.41, 5.74) is 3.78. The predicted molar refractivity (Wildman–Crippen MR) is 144 cm³/mol. The summed E-state index contributed by atoms with van der Waals surface area (Å²) >= 11 is 0. The van der Waals surface area contributed by atoms with Gasteiger partial charge in [-0.05, 0) is 35.2 Å². The van der Waals surface area contributed by atoms with E-state index in [9.17, 15) is 0 Å². The second-order valence-electron chi connectivity index (χ2n) is 7.51. The lowest BCUT2D eigenvalue weighted by molar-refractivity contribution is 0.678. The topological polar surface area (TPSA) is 67.1 Å². The Morgan fingerprint density at radius 3 is 2.24 bits per heavy atom. The van der Waals surface area contributed by atoms with Gasteiger partial charge in [0.25, 0.3) is 0 Å². The molecular formula is C26H29IN6. The molecule has 0 unspecified atom stereocenters. The van der Waals surface area contributed by atoms with Crippen molar-refractivity contribution in [1.82, 2.24) is 25.2 Å². The predicted octanol–water partition coefficient (Wildman–Crippen LogP) is 4.77. The largest absolute Gasteiger partial charge is 0.356 e. The Morgan fingerprint density at radius 1 is 0.939 bits per heavy atom. The summed E-state index contributed by atoms with van der Waals surface area (Å²) in [6.07, 6.45) is 8.16. The van der Waals surface area contributed by atoms with Gasteiger partial charge >= 0.3 is 0 Å². The van der Waals surface area contributed by atoms with Crippen LogP contribution in [-0.4, -0.2) is 34.1 Å². The smallest absolute Gasteiger partial charge is 0.191 e. The molecule has 0 fully saturated rings. The maximum absolute atomic E-state index is 4.41. The van der Waals surface area contributed by atoms with Crippen LogP contribution in [0.5, 0.6) is 0 Å². The van der Waals surface area contributed by atoms with Crippen LogP contribution >= 0.6 is 24.0 Å². The molecule has 4 aromatic rings. The van der Waals surface area contributed by atoms with Crippen LogP contribution in [0.25, 0.3) is 5.82 Å². The minimum atomic E-state index is 0. The van der Waals surface area contributed by atoms with Crippen LogP contribution in [0.1, 0.15) is 29.0 Å². The van der Waals surface area contributed by atoms with Gasteiger partial charge in [-0.2, -0.15) is 0 Å². The number of nitrogens with one attached hydrogen (secondary N) is 2. The molecule has 0 atom stereocenters. The van der Waals surface area contributed by atoms with Crippen LogP contribution in [-0.2, 0) is 6.54 Å². The molecule has 0 bridgehead atoms. The highest BCUT2D eigenvalue weighted by molar-refractivity contribution is 14.0. The van der Waals surface area contributed by atoms with E-state index in [1.165, 1.54) is 11.1 Å². The van der Waals surface area contributed by atoms with Crippen LogP contribution in [0.15, 0.2) is 103 Å². The van der Waals surface area contributed by atoms with Gasteiger partial charge in [-0.3, -0.25) is 9.56 Å². The zero-order chi connectivity index (χ0) is 22.0. The van der Waals surface area contributed by atoms with Gasteiger partial charge in [0.2, 0.25) is 0 Å². The lowest BCUT2D eigenvalue weighted by Crippen LogP contribution is -2.37. The standard InChI is InChI=1S/C26H28N6.HI/c1-27-26(31-19-21-12-14-29-25(18-21)32-17-16-28-20-32)30-15-13-24(22-8-4-2-5-9-22)23-10-6-3-7-11-23;/h2-12,14,16-18,20,24H,13,15,19H2,1H3,(H2,27,30,31);1H. The molecule has 7 heteroatoms. The number of halogens is 1. The third-order valence-electron chi connectivity index (χ3n) is 5.39. The Morgan fingerprint density at radius 2 is 1.64 bits per heavy atom. The SMILES string of the molecule is CN=C(NCCC(c1ccccc1)c1ccccc1)NCc1ccnc(-n2ccnc2)c1.I. The Balaban J connectivity index is 0.00000306. The van der Waals surface area contributed by atoms with E-state index in [1.54, 1.807) is 19.6 Å². The van der Waals surface area contributed by atoms with Gasteiger partial charge in [0.05, 0.1) is 0 Å². The molecule has 0 aliphatic carbocycles. The number of pyridine rings is 1. The molecule has 2 N–H and O–H groups in total. The molecule has 0 aliphatic heterocycles. The molecule has 2 aromatic heterocycles. The van der Waals surface area contributed by atoms with Crippen molar-refractivity contribution < 1.29 is 0 Å². The van der Waals surface area contributed by atoms with Crippen molar-refractivity contribution in [2.45, 2.75) is 18.9 Å². The Labute approximate surface area is 212 Å². The number of nitrogens with zero attached hydrogens (tertiary/aromatic N) is 4. The van der Waals surface area contributed by atoms with Crippen molar-refractivity contribution in [3.8, 4) is 5.82 Å². The van der Waals surface area contributed by atoms with E-state index in [1.807, 2.05) is 29.1 Å². The van der Waals surface area contributed by atoms with Gasteiger partial charge < -0.3 is 10.6 Å². The number of rotatable bonds is 8. The number of hydrogen-bond acceptors (Lipinski definition) is 3. The summed E-state index contributed by atoms with van der Waals surface area (Å²) in [5, 5.41) is 6.86. The summed E-state index contributed by atoms with van der Waals surface area (Å²) in [6, 6.07) is 25.4. The van der Waals surface area contributed by atoms with Gasteiger partial charge in [-0.25, -0.2) is 9.97 Å². The lowest BCUT2D eigenvalue weighted by atomic mass is 9.88. The first kappa shape index (κ1) is 24.4. The molecule has 0 amide bonds. The van der Waals surface area contributed by atoms with Gasteiger partial charge in [0.1, 0.15) is 12.1 Å². The zero-order valence-corrected chi connectivity index (χ0v) is 21.0. The van der Waals surface area contributed by atoms with Gasteiger partial charge in [0, 0.05) is 44.6 Å². The summed E-state index contributed by atoms with van der Waals surface area (Å²) in [7, 11) is 1.80. The molecule has 4 rings (SSSR count). The number of guanidine groups is 1. The third kappa shape index (κ3) is 6.89. The first-order valence-electron chi connectivity index (χ1n) is 10.8. The summed E-state index contributed by atoms with van der Waals surface area (Å²) in [6.45, 7) is 1.47. The second kappa shape index (κ2) is 12.7. The third-order valence-corrected chi connectivity index (χ3v) is 5.39. The zero-order valence-electron chi connectivity index (χ0n) is 18.6. The first-order chi connectivity index (χ1) is 15.8. The number of benzene rings is 2. The van der Waals surface area contributed by atoms with E-state index in [4.69, 9.17) is 0 Å². The number of aliphatic imine (C=N–C) groups is 1. The molecule has 0 aliphatic rings. The molecule has 0 saturated heterocycles. The highest BCUT2D eigenvalue weighted by Crippen LogP contribution is 2.27. The van der Waals surface area contributed by atoms with Gasteiger partial charge in [0.15, 0.2) is 5.96 Å². The molecule has 0 spiro atoms. The lowest BCUT2D eigenvalue weighted by Gasteiger charge is -2.19. The molecule has 170 valence electrons. The van der Waals surface area contributed by atoms with Gasteiger partial charge in [-0.15, -0.1) is 24.0 Å². The first-order valence-corrected chi connectivity index (χ1v) is 10.8. The van der Waals surface area contributed by atoms with E-state index in [0.29, 0.717) is 12.5 Å². The van der Waals surface area contributed by atoms with E-state index in [0.717, 1.165) is 30.3 Å². The Kier molecular flexibility index (Phi) is 9.44. The second-order valence-corrected chi connectivity index (χ2v) is 7.51. The summed E-state index contributed by atoms with van der Waals surface area (Å²) < 4.78 is 1.89.